The van der Waals surface area contributed by atoms with Crippen molar-refractivity contribution in [3.05, 3.63) is 5.56 Å². The molecule has 0 aliphatic heterocycles. The van der Waals surface area contributed by atoms with E-state index in [2.05, 4.69) is 16.3 Å². The molecule has 0 saturated heterocycles. The van der Waals surface area contributed by atoms with Crippen LogP contribution in [0, 0.1) is 0 Å². The Morgan fingerprint density at radius 1 is 1.60 bits per heavy atom. The van der Waals surface area contributed by atoms with E-state index in [4.69, 9.17) is 10.5 Å². The number of hydrogen-bond donors (Lipinski definition) is 1. The number of likely N-dealkylation sites (N-methyl/N-ethyl adjacent to an activating group) is 1. The summed E-state index contributed by atoms with van der Waals surface area (Å²) in [4.78, 5) is 2.19. The number of rotatable bonds is 5. The van der Waals surface area contributed by atoms with E-state index < -0.39 is 0 Å². The van der Waals surface area contributed by atoms with Crippen LogP contribution in [0.3, 0.4) is 0 Å². The van der Waals surface area contributed by atoms with Crippen LogP contribution >= 0.6 is 11.5 Å². The Balaban J connectivity index is 2.12. The summed E-state index contributed by atoms with van der Waals surface area (Å²) < 4.78 is 9.31. The zero-order valence-electron chi connectivity index (χ0n) is 9.19. The van der Waals surface area contributed by atoms with E-state index in [1.165, 1.54) is 34.9 Å². The van der Waals surface area contributed by atoms with Gasteiger partial charge in [0.05, 0.1) is 6.61 Å². The maximum absolute atomic E-state index is 5.89. The summed E-state index contributed by atoms with van der Waals surface area (Å²) in [5, 5.41) is 1.21. The van der Waals surface area contributed by atoms with Gasteiger partial charge in [0.1, 0.15) is 10.8 Å². The van der Waals surface area contributed by atoms with Gasteiger partial charge in [-0.15, -0.1) is 0 Å². The first-order chi connectivity index (χ1) is 7.24. The van der Waals surface area contributed by atoms with Crippen LogP contribution < -0.4 is 10.6 Å². The second-order valence-corrected chi connectivity index (χ2v) is 4.73. The maximum Gasteiger partial charge on any atom is 0.142 e. The molecule has 2 N–H and O–H groups in total. The molecule has 1 aromatic rings. The van der Waals surface area contributed by atoms with Crippen LogP contribution in [0.4, 0.5) is 10.8 Å². The maximum atomic E-state index is 5.89. The highest BCUT2D eigenvalue weighted by Crippen LogP contribution is 2.48. The zero-order valence-corrected chi connectivity index (χ0v) is 10.0. The SMILES string of the molecule is COCCN(C)c1snc(N)c1C1CC1. The van der Waals surface area contributed by atoms with Gasteiger partial charge in [-0.25, -0.2) is 0 Å². The lowest BCUT2D eigenvalue weighted by atomic mass is 10.2. The van der Waals surface area contributed by atoms with Crippen LogP contribution in [-0.2, 0) is 4.74 Å². The first kappa shape index (κ1) is 10.7. The molecule has 0 bridgehead atoms. The fraction of sp³-hybridized carbons (Fsp3) is 0.700. The summed E-state index contributed by atoms with van der Waals surface area (Å²) >= 11 is 1.50. The summed E-state index contributed by atoms with van der Waals surface area (Å²) in [5.74, 6) is 1.38. The minimum Gasteiger partial charge on any atom is -0.383 e. The Morgan fingerprint density at radius 2 is 2.33 bits per heavy atom. The minimum atomic E-state index is 0.656. The van der Waals surface area contributed by atoms with Crippen molar-refractivity contribution in [2.45, 2.75) is 18.8 Å². The van der Waals surface area contributed by atoms with Crippen molar-refractivity contribution >= 4 is 22.4 Å². The number of nitrogens with two attached hydrogens (primary N) is 1. The van der Waals surface area contributed by atoms with Crippen molar-refractivity contribution in [2.24, 2.45) is 0 Å². The summed E-state index contributed by atoms with van der Waals surface area (Å²) in [6, 6.07) is 0. The summed E-state index contributed by atoms with van der Waals surface area (Å²) in [5.41, 5.74) is 7.15. The van der Waals surface area contributed by atoms with Crippen molar-refractivity contribution in [1.82, 2.24) is 4.37 Å². The molecule has 1 fully saturated rings. The van der Waals surface area contributed by atoms with E-state index in [-0.39, 0.29) is 0 Å². The monoisotopic (exact) mass is 227 g/mol. The Morgan fingerprint density at radius 3 is 2.93 bits per heavy atom. The van der Waals surface area contributed by atoms with Gasteiger partial charge in [-0.3, -0.25) is 0 Å². The van der Waals surface area contributed by atoms with Crippen LogP contribution in [0.1, 0.15) is 24.3 Å². The molecule has 0 aromatic carbocycles. The van der Waals surface area contributed by atoms with Crippen molar-refractivity contribution in [3.63, 3.8) is 0 Å². The summed E-state index contributed by atoms with van der Waals surface area (Å²) in [6.45, 7) is 1.62. The third-order valence-corrected chi connectivity index (χ3v) is 3.69. The molecule has 0 amide bonds. The summed E-state index contributed by atoms with van der Waals surface area (Å²) in [6.07, 6.45) is 2.52. The average Bonchev–Trinajstić information content (AvgIpc) is 2.99. The van der Waals surface area contributed by atoms with Gasteiger partial charge in [0, 0.05) is 26.3 Å². The normalized spacial score (nSPS) is 15.6. The zero-order chi connectivity index (χ0) is 10.8. The van der Waals surface area contributed by atoms with Gasteiger partial charge in [-0.05, 0) is 30.3 Å². The molecule has 0 atom stereocenters. The molecular weight excluding hydrogens is 210 g/mol. The molecule has 0 radical (unpaired) electrons. The summed E-state index contributed by atoms with van der Waals surface area (Å²) in [7, 11) is 3.79. The molecular formula is C10H17N3OS. The van der Waals surface area contributed by atoms with Gasteiger partial charge in [0.25, 0.3) is 0 Å². The van der Waals surface area contributed by atoms with Crippen molar-refractivity contribution in [2.75, 3.05) is 37.9 Å². The third-order valence-electron chi connectivity index (χ3n) is 2.70. The quantitative estimate of drug-likeness (QED) is 0.831. The van der Waals surface area contributed by atoms with Crippen LogP contribution in [0.2, 0.25) is 0 Å². The largest absolute Gasteiger partial charge is 0.383 e. The number of anilines is 2. The Hall–Kier alpha value is -0.810. The molecule has 1 aliphatic carbocycles. The first-order valence-electron chi connectivity index (χ1n) is 5.19. The highest BCUT2D eigenvalue weighted by Gasteiger charge is 2.31. The van der Waals surface area contributed by atoms with Gasteiger partial charge in [-0.1, -0.05) is 0 Å². The second-order valence-electron chi connectivity index (χ2n) is 3.98. The molecule has 1 heterocycles. The first-order valence-corrected chi connectivity index (χ1v) is 5.96. The standard InChI is InChI=1S/C10H17N3OS/c1-13(5-6-14-2)10-8(7-3-4-7)9(11)12-15-10/h7H,3-6H2,1-2H3,(H2,11,12). The molecule has 4 nitrogen and oxygen atoms in total. The van der Waals surface area contributed by atoms with Crippen LogP contribution in [0.15, 0.2) is 0 Å². The van der Waals surface area contributed by atoms with Gasteiger partial charge in [0.15, 0.2) is 0 Å². The minimum absolute atomic E-state index is 0.656. The lowest BCUT2D eigenvalue weighted by Gasteiger charge is -2.17. The fourth-order valence-electron chi connectivity index (χ4n) is 1.66. The Labute approximate surface area is 94.2 Å². The average molecular weight is 227 g/mol. The number of hydrogen-bond acceptors (Lipinski definition) is 5. The van der Waals surface area contributed by atoms with Gasteiger partial charge >= 0.3 is 0 Å². The van der Waals surface area contributed by atoms with Crippen LogP contribution in [0.5, 0.6) is 0 Å². The second kappa shape index (κ2) is 4.37. The molecule has 5 heteroatoms. The van der Waals surface area contributed by atoms with E-state index in [0.717, 1.165) is 19.0 Å². The number of aromatic nitrogens is 1. The van der Waals surface area contributed by atoms with E-state index in [1.807, 2.05) is 0 Å². The van der Waals surface area contributed by atoms with Gasteiger partial charge in [0.2, 0.25) is 0 Å². The Bertz CT molecular complexity index is 335. The lowest BCUT2D eigenvalue weighted by Crippen LogP contribution is -2.22. The Kier molecular flexibility index (Phi) is 3.11. The molecule has 0 spiro atoms. The molecule has 1 aromatic heterocycles. The number of nitrogen functional groups attached to an aromatic ring is 1. The predicted octanol–water partition coefficient (Wildman–Crippen LogP) is 1.69. The fourth-order valence-corrected chi connectivity index (χ4v) is 2.54. The number of nitrogens with zero attached hydrogens (tertiary/aromatic N) is 2. The topological polar surface area (TPSA) is 51.4 Å². The molecule has 2 rings (SSSR count). The van der Waals surface area contributed by atoms with Crippen molar-refractivity contribution < 1.29 is 4.74 Å². The smallest absolute Gasteiger partial charge is 0.142 e. The molecule has 84 valence electrons. The van der Waals surface area contributed by atoms with Crippen LogP contribution in [0.25, 0.3) is 0 Å². The number of methoxy groups -OCH3 is 1. The highest BCUT2D eigenvalue weighted by atomic mass is 32.1. The number of ether oxygens (including phenoxy) is 1. The van der Waals surface area contributed by atoms with Gasteiger partial charge < -0.3 is 15.4 Å². The van der Waals surface area contributed by atoms with E-state index >= 15 is 0 Å². The van der Waals surface area contributed by atoms with Gasteiger partial charge in [-0.2, -0.15) is 4.37 Å². The van der Waals surface area contributed by atoms with E-state index in [1.54, 1.807) is 7.11 Å². The third kappa shape index (κ3) is 2.23. The highest BCUT2D eigenvalue weighted by molar-refractivity contribution is 7.10. The predicted molar refractivity (Wildman–Crippen MR) is 63.6 cm³/mol. The molecule has 15 heavy (non-hydrogen) atoms. The van der Waals surface area contributed by atoms with Crippen molar-refractivity contribution in [1.29, 1.82) is 0 Å². The van der Waals surface area contributed by atoms with Crippen LogP contribution in [-0.4, -0.2) is 31.7 Å². The molecule has 0 unspecified atom stereocenters. The van der Waals surface area contributed by atoms with E-state index in [9.17, 15) is 0 Å². The molecule has 1 saturated carbocycles. The molecule has 1 aliphatic rings. The van der Waals surface area contributed by atoms with E-state index in [0.29, 0.717) is 5.92 Å². The lowest BCUT2D eigenvalue weighted by molar-refractivity contribution is 0.206. The van der Waals surface area contributed by atoms with Crippen molar-refractivity contribution in [3.8, 4) is 0 Å².